The molecule has 0 atom stereocenters. The highest BCUT2D eigenvalue weighted by Gasteiger charge is 2.02. The van der Waals surface area contributed by atoms with Crippen LogP contribution in [0.3, 0.4) is 0 Å². The van der Waals surface area contributed by atoms with Crippen LogP contribution in [-0.2, 0) is 13.0 Å². The number of thiophene rings is 1. The van der Waals surface area contributed by atoms with E-state index in [0.29, 0.717) is 12.4 Å². The standard InChI is InChI=1S/C12H13FN2S/c1-2-9-6-7-16-10(9)8-14-12-5-3-4-11(13)15-12/h3-7H,2,8H2,1H3,(H,14,15). The monoisotopic (exact) mass is 236 g/mol. The highest BCUT2D eigenvalue weighted by molar-refractivity contribution is 7.10. The Morgan fingerprint density at radius 1 is 1.38 bits per heavy atom. The molecule has 4 heteroatoms. The number of rotatable bonds is 4. The maximum absolute atomic E-state index is 12.8. The minimum Gasteiger partial charge on any atom is -0.365 e. The molecule has 16 heavy (non-hydrogen) atoms. The molecule has 2 heterocycles. The van der Waals surface area contributed by atoms with Crippen LogP contribution in [0.4, 0.5) is 10.2 Å². The molecular weight excluding hydrogens is 223 g/mol. The van der Waals surface area contributed by atoms with Gasteiger partial charge < -0.3 is 5.32 Å². The van der Waals surface area contributed by atoms with Gasteiger partial charge in [0, 0.05) is 4.88 Å². The maximum Gasteiger partial charge on any atom is 0.214 e. The Kier molecular flexibility index (Phi) is 3.51. The number of hydrogen-bond acceptors (Lipinski definition) is 3. The van der Waals surface area contributed by atoms with Crippen molar-refractivity contribution in [3.05, 3.63) is 46.0 Å². The van der Waals surface area contributed by atoms with E-state index in [1.54, 1.807) is 23.5 Å². The van der Waals surface area contributed by atoms with E-state index in [0.717, 1.165) is 6.42 Å². The van der Waals surface area contributed by atoms with Crippen LogP contribution in [-0.4, -0.2) is 4.98 Å². The Morgan fingerprint density at radius 2 is 2.25 bits per heavy atom. The van der Waals surface area contributed by atoms with E-state index in [1.165, 1.54) is 16.5 Å². The van der Waals surface area contributed by atoms with Crippen LogP contribution in [0.1, 0.15) is 17.4 Å². The van der Waals surface area contributed by atoms with Crippen LogP contribution < -0.4 is 5.32 Å². The second-order valence-electron chi connectivity index (χ2n) is 3.42. The Bertz CT molecular complexity index is 468. The topological polar surface area (TPSA) is 24.9 Å². The summed E-state index contributed by atoms with van der Waals surface area (Å²) in [6.07, 6.45) is 1.02. The van der Waals surface area contributed by atoms with Gasteiger partial charge in [0.1, 0.15) is 5.82 Å². The summed E-state index contributed by atoms with van der Waals surface area (Å²) in [5.41, 5.74) is 1.34. The predicted octanol–water partition coefficient (Wildman–Crippen LogP) is 3.46. The summed E-state index contributed by atoms with van der Waals surface area (Å²) in [4.78, 5) is 5.04. The molecule has 0 fully saturated rings. The van der Waals surface area contributed by atoms with Crippen molar-refractivity contribution in [1.82, 2.24) is 4.98 Å². The van der Waals surface area contributed by atoms with Crippen molar-refractivity contribution in [2.75, 3.05) is 5.32 Å². The van der Waals surface area contributed by atoms with Gasteiger partial charge >= 0.3 is 0 Å². The van der Waals surface area contributed by atoms with Gasteiger partial charge in [-0.3, -0.25) is 0 Å². The van der Waals surface area contributed by atoms with E-state index >= 15 is 0 Å². The van der Waals surface area contributed by atoms with Crippen LogP contribution >= 0.6 is 11.3 Å². The lowest BCUT2D eigenvalue weighted by Crippen LogP contribution is -2.02. The zero-order valence-corrected chi connectivity index (χ0v) is 9.85. The fourth-order valence-electron chi connectivity index (χ4n) is 1.51. The number of hydrogen-bond donors (Lipinski definition) is 1. The molecule has 1 N–H and O–H groups in total. The molecule has 0 amide bonds. The van der Waals surface area contributed by atoms with Gasteiger partial charge in [-0.1, -0.05) is 13.0 Å². The van der Waals surface area contributed by atoms with E-state index in [2.05, 4.69) is 28.7 Å². The Balaban J connectivity index is 2.02. The van der Waals surface area contributed by atoms with Crippen LogP contribution in [0.2, 0.25) is 0 Å². The fraction of sp³-hybridized carbons (Fsp3) is 0.250. The molecule has 0 saturated heterocycles. The molecule has 0 saturated carbocycles. The predicted molar refractivity (Wildman–Crippen MR) is 65.2 cm³/mol. The molecule has 0 aliphatic heterocycles. The fourth-order valence-corrected chi connectivity index (χ4v) is 2.43. The molecule has 0 spiro atoms. The molecule has 0 aliphatic carbocycles. The van der Waals surface area contributed by atoms with Crippen LogP contribution in [0.25, 0.3) is 0 Å². The first-order chi connectivity index (χ1) is 7.79. The highest BCUT2D eigenvalue weighted by Crippen LogP contribution is 2.18. The average molecular weight is 236 g/mol. The molecule has 0 bridgehead atoms. The maximum atomic E-state index is 12.8. The van der Waals surface area contributed by atoms with Gasteiger partial charge in [0.2, 0.25) is 5.95 Å². The first-order valence-electron chi connectivity index (χ1n) is 5.21. The van der Waals surface area contributed by atoms with Gasteiger partial charge in [0.25, 0.3) is 0 Å². The number of nitrogens with zero attached hydrogens (tertiary/aromatic N) is 1. The van der Waals surface area contributed by atoms with E-state index < -0.39 is 5.95 Å². The second-order valence-corrected chi connectivity index (χ2v) is 4.42. The number of halogens is 1. The van der Waals surface area contributed by atoms with Crippen molar-refractivity contribution in [2.45, 2.75) is 19.9 Å². The lowest BCUT2D eigenvalue weighted by atomic mass is 10.2. The van der Waals surface area contributed by atoms with Crippen LogP contribution in [0.5, 0.6) is 0 Å². The van der Waals surface area contributed by atoms with Crippen molar-refractivity contribution in [1.29, 1.82) is 0 Å². The van der Waals surface area contributed by atoms with Gasteiger partial charge in [0.05, 0.1) is 6.54 Å². The van der Waals surface area contributed by atoms with E-state index in [4.69, 9.17) is 0 Å². The number of anilines is 1. The summed E-state index contributed by atoms with van der Waals surface area (Å²) in [7, 11) is 0. The molecule has 2 aromatic heterocycles. The molecular formula is C12H13FN2S. The van der Waals surface area contributed by atoms with E-state index in [-0.39, 0.29) is 0 Å². The van der Waals surface area contributed by atoms with Crippen molar-refractivity contribution in [3.63, 3.8) is 0 Å². The van der Waals surface area contributed by atoms with Gasteiger partial charge in [-0.05, 0) is 35.6 Å². The SMILES string of the molecule is CCc1ccsc1CNc1cccc(F)n1. The molecule has 2 rings (SSSR count). The normalized spacial score (nSPS) is 10.4. The van der Waals surface area contributed by atoms with Crippen LogP contribution in [0.15, 0.2) is 29.6 Å². The highest BCUT2D eigenvalue weighted by atomic mass is 32.1. The lowest BCUT2D eigenvalue weighted by Gasteiger charge is -2.05. The number of aryl methyl sites for hydroxylation is 1. The molecule has 84 valence electrons. The minimum atomic E-state index is -0.452. The van der Waals surface area contributed by atoms with Gasteiger partial charge in [0.15, 0.2) is 0 Å². The third-order valence-electron chi connectivity index (χ3n) is 2.36. The summed E-state index contributed by atoms with van der Waals surface area (Å²) in [6, 6.07) is 6.89. The van der Waals surface area contributed by atoms with E-state index in [1.807, 2.05) is 0 Å². The minimum absolute atomic E-state index is 0.452. The van der Waals surface area contributed by atoms with Gasteiger partial charge in [-0.25, -0.2) is 4.98 Å². The molecule has 0 aromatic carbocycles. The average Bonchev–Trinajstić information content (AvgIpc) is 2.74. The molecule has 2 nitrogen and oxygen atoms in total. The van der Waals surface area contributed by atoms with Crippen molar-refractivity contribution >= 4 is 17.2 Å². The summed E-state index contributed by atoms with van der Waals surface area (Å²) < 4.78 is 12.8. The zero-order valence-electron chi connectivity index (χ0n) is 9.03. The number of pyridine rings is 1. The lowest BCUT2D eigenvalue weighted by molar-refractivity contribution is 0.585. The molecule has 0 aliphatic rings. The van der Waals surface area contributed by atoms with Crippen LogP contribution in [0, 0.1) is 5.95 Å². The zero-order chi connectivity index (χ0) is 11.4. The number of aromatic nitrogens is 1. The summed E-state index contributed by atoms with van der Waals surface area (Å²) >= 11 is 1.71. The second kappa shape index (κ2) is 5.07. The van der Waals surface area contributed by atoms with Crippen molar-refractivity contribution < 1.29 is 4.39 Å². The molecule has 0 radical (unpaired) electrons. The van der Waals surface area contributed by atoms with Crippen molar-refractivity contribution in [2.24, 2.45) is 0 Å². The third kappa shape index (κ3) is 2.58. The summed E-state index contributed by atoms with van der Waals surface area (Å²) in [5, 5.41) is 5.20. The first kappa shape index (κ1) is 11.1. The summed E-state index contributed by atoms with van der Waals surface area (Å²) in [5.74, 6) is 0.127. The number of nitrogens with one attached hydrogen (secondary N) is 1. The third-order valence-corrected chi connectivity index (χ3v) is 3.33. The van der Waals surface area contributed by atoms with E-state index in [9.17, 15) is 4.39 Å². The van der Waals surface area contributed by atoms with Gasteiger partial charge in [-0.2, -0.15) is 4.39 Å². The summed E-state index contributed by atoms with van der Waals surface area (Å²) in [6.45, 7) is 2.84. The molecule has 0 unspecified atom stereocenters. The first-order valence-corrected chi connectivity index (χ1v) is 6.09. The smallest absolute Gasteiger partial charge is 0.214 e. The van der Waals surface area contributed by atoms with Gasteiger partial charge in [-0.15, -0.1) is 11.3 Å². The Labute approximate surface area is 98.2 Å². The quantitative estimate of drug-likeness (QED) is 0.822. The molecule has 2 aromatic rings. The largest absolute Gasteiger partial charge is 0.365 e. The van der Waals surface area contributed by atoms with Crippen molar-refractivity contribution in [3.8, 4) is 0 Å². The Morgan fingerprint density at radius 3 is 3.00 bits per heavy atom. The Hall–Kier alpha value is -1.42.